The molecule has 0 unspecified atom stereocenters. The molecule has 0 atom stereocenters. The number of hydrogen-bond acceptors (Lipinski definition) is 4. The van der Waals surface area contributed by atoms with Gasteiger partial charge in [0.1, 0.15) is 23.1 Å². The van der Waals surface area contributed by atoms with E-state index in [1.165, 1.54) is 4.90 Å². The van der Waals surface area contributed by atoms with Crippen molar-refractivity contribution in [2.24, 2.45) is 5.73 Å². The zero-order valence-electron chi connectivity index (χ0n) is 12.0. The molecular formula is C16H17NO2S2. The Morgan fingerprint density at radius 2 is 1.90 bits per heavy atom. The molecule has 0 saturated carbocycles. The predicted octanol–water partition coefficient (Wildman–Crippen LogP) is 3.63. The lowest BCUT2D eigenvalue weighted by Gasteiger charge is -2.11. The van der Waals surface area contributed by atoms with E-state index in [9.17, 15) is 0 Å². The summed E-state index contributed by atoms with van der Waals surface area (Å²) < 4.78 is 11.1. The number of ether oxygens (including phenoxy) is 2. The van der Waals surface area contributed by atoms with Crippen LogP contribution in [0.15, 0.2) is 47.4 Å². The minimum Gasteiger partial charge on any atom is -0.496 e. The van der Waals surface area contributed by atoms with Crippen molar-refractivity contribution in [1.29, 1.82) is 0 Å². The highest BCUT2D eigenvalue weighted by Gasteiger charge is 2.07. The highest BCUT2D eigenvalue weighted by molar-refractivity contribution is 7.98. The number of nitrogens with two attached hydrogens (primary N) is 1. The first kappa shape index (κ1) is 15.7. The van der Waals surface area contributed by atoms with Crippen LogP contribution in [0, 0.1) is 0 Å². The van der Waals surface area contributed by atoms with Gasteiger partial charge >= 0.3 is 0 Å². The Morgan fingerprint density at radius 3 is 2.48 bits per heavy atom. The smallest absolute Gasteiger partial charge is 0.129 e. The minimum absolute atomic E-state index is 0.326. The van der Waals surface area contributed by atoms with Crippen molar-refractivity contribution in [2.45, 2.75) is 11.5 Å². The van der Waals surface area contributed by atoms with Gasteiger partial charge in [0.15, 0.2) is 0 Å². The SMILES string of the molecule is COc1cc(COc2ccc(SC)cc2)ccc1C(N)=S. The van der Waals surface area contributed by atoms with E-state index in [1.54, 1.807) is 18.9 Å². The summed E-state index contributed by atoms with van der Waals surface area (Å²) in [7, 11) is 1.60. The summed E-state index contributed by atoms with van der Waals surface area (Å²) >= 11 is 6.69. The topological polar surface area (TPSA) is 44.5 Å². The Labute approximate surface area is 134 Å². The molecule has 0 aliphatic carbocycles. The van der Waals surface area contributed by atoms with Crippen molar-refractivity contribution in [3.63, 3.8) is 0 Å². The van der Waals surface area contributed by atoms with Crippen molar-refractivity contribution in [3.05, 3.63) is 53.6 Å². The van der Waals surface area contributed by atoms with Gasteiger partial charge in [-0.25, -0.2) is 0 Å². The van der Waals surface area contributed by atoms with Crippen LogP contribution >= 0.6 is 24.0 Å². The molecule has 0 amide bonds. The number of thioether (sulfide) groups is 1. The van der Waals surface area contributed by atoms with Crippen molar-refractivity contribution < 1.29 is 9.47 Å². The van der Waals surface area contributed by atoms with Gasteiger partial charge in [-0.05, 0) is 48.2 Å². The second-order valence-electron chi connectivity index (χ2n) is 4.36. The first-order valence-electron chi connectivity index (χ1n) is 6.37. The van der Waals surface area contributed by atoms with Crippen molar-refractivity contribution in [2.75, 3.05) is 13.4 Å². The third-order valence-corrected chi connectivity index (χ3v) is 3.96. The van der Waals surface area contributed by atoms with Gasteiger partial charge in [0.2, 0.25) is 0 Å². The van der Waals surface area contributed by atoms with Gasteiger partial charge in [-0.15, -0.1) is 11.8 Å². The first-order valence-corrected chi connectivity index (χ1v) is 8.01. The van der Waals surface area contributed by atoms with Crippen LogP contribution in [-0.4, -0.2) is 18.4 Å². The number of benzene rings is 2. The zero-order valence-corrected chi connectivity index (χ0v) is 13.6. The van der Waals surface area contributed by atoms with Crippen LogP contribution in [0.3, 0.4) is 0 Å². The highest BCUT2D eigenvalue weighted by Crippen LogP contribution is 2.23. The lowest BCUT2D eigenvalue weighted by Crippen LogP contribution is -2.11. The number of methoxy groups -OCH3 is 1. The molecule has 2 aromatic rings. The summed E-state index contributed by atoms with van der Waals surface area (Å²) in [5, 5.41) is 0. The molecule has 0 aliphatic heterocycles. The molecule has 0 saturated heterocycles. The van der Waals surface area contributed by atoms with Crippen LogP contribution < -0.4 is 15.2 Å². The number of hydrogen-bond donors (Lipinski definition) is 1. The first-order chi connectivity index (χ1) is 10.1. The molecule has 2 rings (SSSR count). The Balaban J connectivity index is 2.07. The molecule has 110 valence electrons. The van der Waals surface area contributed by atoms with Crippen LogP contribution in [0.1, 0.15) is 11.1 Å². The van der Waals surface area contributed by atoms with Gasteiger partial charge in [0.05, 0.1) is 12.7 Å². The molecule has 0 aliphatic rings. The van der Waals surface area contributed by atoms with E-state index in [-0.39, 0.29) is 0 Å². The Kier molecular flexibility index (Phi) is 5.47. The summed E-state index contributed by atoms with van der Waals surface area (Å²) in [6, 6.07) is 13.7. The van der Waals surface area contributed by atoms with E-state index in [1.807, 2.05) is 48.7 Å². The fraction of sp³-hybridized carbons (Fsp3) is 0.188. The maximum absolute atomic E-state index is 5.76. The Morgan fingerprint density at radius 1 is 1.19 bits per heavy atom. The fourth-order valence-corrected chi connectivity index (χ4v) is 2.44. The second kappa shape index (κ2) is 7.33. The van der Waals surface area contributed by atoms with Crippen LogP contribution in [-0.2, 0) is 6.61 Å². The van der Waals surface area contributed by atoms with Crippen molar-refractivity contribution >= 4 is 29.0 Å². The molecule has 0 radical (unpaired) electrons. The Bertz CT molecular complexity index is 627. The molecule has 0 bridgehead atoms. The minimum atomic E-state index is 0.326. The van der Waals surface area contributed by atoms with E-state index in [0.717, 1.165) is 16.9 Å². The third-order valence-electron chi connectivity index (χ3n) is 3.00. The van der Waals surface area contributed by atoms with E-state index in [2.05, 4.69) is 0 Å². The van der Waals surface area contributed by atoms with Gasteiger partial charge in [-0.2, -0.15) is 0 Å². The molecule has 5 heteroatoms. The third kappa shape index (κ3) is 4.12. The van der Waals surface area contributed by atoms with E-state index < -0.39 is 0 Å². The molecule has 21 heavy (non-hydrogen) atoms. The van der Waals surface area contributed by atoms with Crippen LogP contribution in [0.4, 0.5) is 0 Å². The van der Waals surface area contributed by atoms with Crippen LogP contribution in [0.25, 0.3) is 0 Å². The molecule has 2 aromatic carbocycles. The van der Waals surface area contributed by atoms with Crippen LogP contribution in [0.5, 0.6) is 11.5 Å². The molecule has 0 aromatic heterocycles. The van der Waals surface area contributed by atoms with E-state index in [0.29, 0.717) is 17.3 Å². The monoisotopic (exact) mass is 319 g/mol. The summed E-state index contributed by atoms with van der Waals surface area (Å²) in [6.07, 6.45) is 2.05. The van der Waals surface area contributed by atoms with E-state index >= 15 is 0 Å². The number of rotatable bonds is 6. The fourth-order valence-electron chi connectivity index (χ4n) is 1.87. The second-order valence-corrected chi connectivity index (χ2v) is 5.68. The van der Waals surface area contributed by atoms with Gasteiger partial charge in [0, 0.05) is 4.90 Å². The average molecular weight is 319 g/mol. The molecule has 2 N–H and O–H groups in total. The van der Waals surface area contributed by atoms with Gasteiger partial charge in [-0.3, -0.25) is 0 Å². The quantitative estimate of drug-likeness (QED) is 0.650. The predicted molar refractivity (Wildman–Crippen MR) is 91.4 cm³/mol. The largest absolute Gasteiger partial charge is 0.496 e. The molecule has 3 nitrogen and oxygen atoms in total. The number of thiocarbonyl (C=S) groups is 1. The molecule has 0 fully saturated rings. The lowest BCUT2D eigenvalue weighted by molar-refractivity contribution is 0.305. The lowest BCUT2D eigenvalue weighted by atomic mass is 10.1. The van der Waals surface area contributed by atoms with Crippen molar-refractivity contribution in [3.8, 4) is 11.5 Å². The molecule has 0 spiro atoms. The molecular weight excluding hydrogens is 302 g/mol. The summed E-state index contributed by atoms with van der Waals surface area (Å²) in [6.45, 7) is 0.465. The van der Waals surface area contributed by atoms with Gasteiger partial charge in [-0.1, -0.05) is 18.3 Å². The highest BCUT2D eigenvalue weighted by atomic mass is 32.2. The van der Waals surface area contributed by atoms with Gasteiger partial charge in [0.25, 0.3) is 0 Å². The normalized spacial score (nSPS) is 10.2. The summed E-state index contributed by atoms with van der Waals surface area (Å²) in [4.78, 5) is 1.54. The Hall–Kier alpha value is -1.72. The zero-order chi connectivity index (χ0) is 15.2. The summed E-state index contributed by atoms with van der Waals surface area (Å²) in [5.41, 5.74) is 7.39. The average Bonchev–Trinajstić information content (AvgIpc) is 2.52. The van der Waals surface area contributed by atoms with Crippen LogP contribution in [0.2, 0.25) is 0 Å². The maximum atomic E-state index is 5.76. The standard InChI is InChI=1S/C16H17NO2S2/c1-18-15-9-11(3-8-14(15)16(17)20)10-19-12-4-6-13(21-2)7-5-12/h3-9H,10H2,1-2H3,(H2,17,20). The molecule has 0 heterocycles. The summed E-state index contributed by atoms with van der Waals surface area (Å²) in [5.74, 6) is 1.51. The maximum Gasteiger partial charge on any atom is 0.129 e. The van der Waals surface area contributed by atoms with Crippen molar-refractivity contribution in [1.82, 2.24) is 0 Å². The van der Waals surface area contributed by atoms with E-state index in [4.69, 9.17) is 27.4 Å². The van der Waals surface area contributed by atoms with Gasteiger partial charge < -0.3 is 15.2 Å².